The van der Waals surface area contributed by atoms with Gasteiger partial charge in [0, 0.05) is 6.42 Å². The van der Waals surface area contributed by atoms with E-state index in [0.29, 0.717) is 6.42 Å². The van der Waals surface area contributed by atoms with Crippen LogP contribution in [0.2, 0.25) is 0 Å². The van der Waals surface area contributed by atoms with E-state index in [2.05, 4.69) is 4.74 Å². The molecule has 0 unspecified atom stereocenters. The Morgan fingerprint density at radius 3 is 2.53 bits per heavy atom. The number of esters is 1. The molecule has 0 aromatic carbocycles. The van der Waals surface area contributed by atoms with E-state index in [9.17, 15) is 4.79 Å². The number of ether oxygens (including phenoxy) is 1. The highest BCUT2D eigenvalue weighted by Crippen LogP contribution is 2.56. The summed E-state index contributed by atoms with van der Waals surface area (Å²) in [5.74, 6) is 3.31. The van der Waals surface area contributed by atoms with Crippen molar-refractivity contribution in [3.63, 3.8) is 0 Å². The molecule has 0 N–H and O–H groups in total. The maximum Gasteiger partial charge on any atom is 0.305 e. The standard InChI is InChI=1S/C15H26O2/c1-17-15(16)8-6-4-2-3-5-7-13-11-14(13)12-9-10-12/h12-14H,2-11H2,1H3/t13-,14+/m1/s1. The van der Waals surface area contributed by atoms with Crippen molar-refractivity contribution < 1.29 is 9.53 Å². The Hall–Kier alpha value is -0.530. The largest absolute Gasteiger partial charge is 0.469 e. The molecule has 98 valence electrons. The normalized spacial score (nSPS) is 26.9. The Morgan fingerprint density at radius 1 is 1.12 bits per heavy atom. The summed E-state index contributed by atoms with van der Waals surface area (Å²) >= 11 is 0. The first-order valence-corrected chi connectivity index (χ1v) is 7.38. The molecule has 0 saturated heterocycles. The Labute approximate surface area is 105 Å². The van der Waals surface area contributed by atoms with Crippen molar-refractivity contribution in [3.8, 4) is 0 Å². The van der Waals surface area contributed by atoms with Crippen LogP contribution in [0.3, 0.4) is 0 Å². The summed E-state index contributed by atoms with van der Waals surface area (Å²) in [6, 6.07) is 0. The van der Waals surface area contributed by atoms with E-state index >= 15 is 0 Å². The summed E-state index contributed by atoms with van der Waals surface area (Å²) in [7, 11) is 1.47. The minimum absolute atomic E-state index is 0.0599. The number of carbonyl (C=O) groups is 1. The lowest BCUT2D eigenvalue weighted by Gasteiger charge is -2.01. The van der Waals surface area contributed by atoms with E-state index in [1.807, 2.05) is 0 Å². The van der Waals surface area contributed by atoms with Crippen LogP contribution in [0.25, 0.3) is 0 Å². The average Bonchev–Trinajstić information content (AvgIpc) is 3.18. The second-order valence-electron chi connectivity index (χ2n) is 5.88. The van der Waals surface area contributed by atoms with Gasteiger partial charge in [-0.2, -0.15) is 0 Å². The lowest BCUT2D eigenvalue weighted by Crippen LogP contribution is -1.99. The van der Waals surface area contributed by atoms with Crippen LogP contribution in [0.1, 0.15) is 64.2 Å². The van der Waals surface area contributed by atoms with E-state index in [4.69, 9.17) is 0 Å². The van der Waals surface area contributed by atoms with Gasteiger partial charge in [0.05, 0.1) is 7.11 Å². The molecule has 0 bridgehead atoms. The molecular formula is C15H26O2. The van der Waals surface area contributed by atoms with Crippen LogP contribution in [0, 0.1) is 17.8 Å². The molecule has 2 saturated carbocycles. The first-order valence-electron chi connectivity index (χ1n) is 7.38. The van der Waals surface area contributed by atoms with Gasteiger partial charge in [-0.25, -0.2) is 0 Å². The van der Waals surface area contributed by atoms with Crippen LogP contribution in [0.5, 0.6) is 0 Å². The fourth-order valence-electron chi connectivity index (χ4n) is 3.01. The summed E-state index contributed by atoms with van der Waals surface area (Å²) in [5.41, 5.74) is 0. The molecule has 0 amide bonds. The highest BCUT2D eigenvalue weighted by atomic mass is 16.5. The molecule has 0 heterocycles. The zero-order valence-electron chi connectivity index (χ0n) is 11.1. The third-order valence-corrected chi connectivity index (χ3v) is 4.39. The molecule has 2 nitrogen and oxygen atoms in total. The van der Waals surface area contributed by atoms with Crippen LogP contribution in [0.15, 0.2) is 0 Å². The maximum absolute atomic E-state index is 10.9. The second-order valence-corrected chi connectivity index (χ2v) is 5.88. The predicted octanol–water partition coefficient (Wildman–Crippen LogP) is 3.94. The number of rotatable bonds is 9. The summed E-state index contributed by atoms with van der Waals surface area (Å²) in [6.45, 7) is 0. The summed E-state index contributed by atoms with van der Waals surface area (Å²) in [5, 5.41) is 0. The van der Waals surface area contributed by atoms with Gasteiger partial charge in [-0.05, 0) is 43.4 Å². The van der Waals surface area contributed by atoms with Gasteiger partial charge < -0.3 is 4.74 Å². The minimum atomic E-state index is -0.0599. The number of hydrogen-bond acceptors (Lipinski definition) is 2. The molecular weight excluding hydrogens is 212 g/mol. The Morgan fingerprint density at radius 2 is 1.82 bits per heavy atom. The second kappa shape index (κ2) is 6.42. The molecule has 2 aliphatic carbocycles. The minimum Gasteiger partial charge on any atom is -0.469 e. The van der Waals surface area contributed by atoms with Crippen molar-refractivity contribution in [2.24, 2.45) is 17.8 Å². The van der Waals surface area contributed by atoms with Gasteiger partial charge in [0.25, 0.3) is 0 Å². The average molecular weight is 238 g/mol. The monoisotopic (exact) mass is 238 g/mol. The first kappa shape index (κ1) is 12.9. The molecule has 2 aliphatic rings. The molecule has 17 heavy (non-hydrogen) atoms. The van der Waals surface area contributed by atoms with E-state index in [1.54, 1.807) is 0 Å². The summed E-state index contributed by atoms with van der Waals surface area (Å²) in [4.78, 5) is 10.9. The zero-order chi connectivity index (χ0) is 12.1. The van der Waals surface area contributed by atoms with Crippen LogP contribution < -0.4 is 0 Å². The lowest BCUT2D eigenvalue weighted by atomic mass is 10.1. The van der Waals surface area contributed by atoms with Gasteiger partial charge in [0.1, 0.15) is 0 Å². The molecule has 2 atom stereocenters. The molecule has 0 aliphatic heterocycles. The summed E-state index contributed by atoms with van der Waals surface area (Å²) in [6.07, 6.45) is 12.9. The Kier molecular flexibility index (Phi) is 4.87. The van der Waals surface area contributed by atoms with Crippen molar-refractivity contribution in [1.29, 1.82) is 0 Å². The lowest BCUT2D eigenvalue weighted by molar-refractivity contribution is -0.140. The van der Waals surface area contributed by atoms with Crippen molar-refractivity contribution in [3.05, 3.63) is 0 Å². The maximum atomic E-state index is 10.9. The zero-order valence-corrected chi connectivity index (χ0v) is 11.1. The quantitative estimate of drug-likeness (QED) is 0.449. The van der Waals surface area contributed by atoms with Crippen LogP contribution in [-0.2, 0) is 9.53 Å². The van der Waals surface area contributed by atoms with Crippen molar-refractivity contribution in [2.45, 2.75) is 64.2 Å². The molecule has 2 rings (SSSR count). The van der Waals surface area contributed by atoms with Crippen LogP contribution in [0.4, 0.5) is 0 Å². The fraction of sp³-hybridized carbons (Fsp3) is 0.933. The van der Waals surface area contributed by atoms with Gasteiger partial charge in [-0.3, -0.25) is 4.79 Å². The molecule has 2 fully saturated rings. The number of unbranched alkanes of at least 4 members (excludes halogenated alkanes) is 4. The number of hydrogen-bond donors (Lipinski definition) is 0. The third-order valence-electron chi connectivity index (χ3n) is 4.39. The van der Waals surface area contributed by atoms with E-state index in [1.165, 1.54) is 58.5 Å². The predicted molar refractivity (Wildman–Crippen MR) is 68.7 cm³/mol. The Balaban J connectivity index is 1.34. The third kappa shape index (κ3) is 4.69. The van der Waals surface area contributed by atoms with Gasteiger partial charge >= 0.3 is 5.97 Å². The smallest absolute Gasteiger partial charge is 0.305 e. The Bertz CT molecular complexity index is 245. The molecule has 0 aromatic heterocycles. The molecule has 0 radical (unpaired) electrons. The topological polar surface area (TPSA) is 26.3 Å². The van der Waals surface area contributed by atoms with Crippen molar-refractivity contribution >= 4 is 5.97 Å². The van der Waals surface area contributed by atoms with Crippen molar-refractivity contribution in [1.82, 2.24) is 0 Å². The number of carbonyl (C=O) groups excluding carboxylic acids is 1. The highest BCUT2D eigenvalue weighted by molar-refractivity contribution is 5.68. The van der Waals surface area contributed by atoms with E-state index in [0.717, 1.165) is 24.2 Å². The van der Waals surface area contributed by atoms with Gasteiger partial charge in [0.2, 0.25) is 0 Å². The number of methoxy groups -OCH3 is 1. The molecule has 0 spiro atoms. The van der Waals surface area contributed by atoms with Gasteiger partial charge in [-0.1, -0.05) is 32.1 Å². The van der Waals surface area contributed by atoms with Crippen LogP contribution >= 0.6 is 0 Å². The van der Waals surface area contributed by atoms with E-state index < -0.39 is 0 Å². The molecule has 2 heteroatoms. The van der Waals surface area contributed by atoms with Crippen molar-refractivity contribution in [2.75, 3.05) is 7.11 Å². The first-order chi connectivity index (χ1) is 8.31. The summed E-state index contributed by atoms with van der Waals surface area (Å²) < 4.78 is 4.62. The SMILES string of the molecule is COC(=O)CCCCCCC[C@@H]1C[C@H]1C1CC1. The van der Waals surface area contributed by atoms with Gasteiger partial charge in [-0.15, -0.1) is 0 Å². The highest BCUT2D eigenvalue weighted by Gasteiger charge is 2.46. The molecule has 0 aromatic rings. The van der Waals surface area contributed by atoms with Crippen LogP contribution in [-0.4, -0.2) is 13.1 Å². The fourth-order valence-corrected chi connectivity index (χ4v) is 3.01. The van der Waals surface area contributed by atoms with E-state index in [-0.39, 0.29) is 5.97 Å². The van der Waals surface area contributed by atoms with Gasteiger partial charge in [0.15, 0.2) is 0 Å².